The van der Waals surface area contributed by atoms with E-state index in [2.05, 4.69) is 10.2 Å². The third-order valence-electron chi connectivity index (χ3n) is 4.48. The second-order valence-electron chi connectivity index (χ2n) is 6.02. The van der Waals surface area contributed by atoms with Crippen molar-refractivity contribution in [3.8, 4) is 11.5 Å². The van der Waals surface area contributed by atoms with Gasteiger partial charge in [0.2, 0.25) is 11.8 Å². The first-order chi connectivity index (χ1) is 12.0. The van der Waals surface area contributed by atoms with Crippen LogP contribution in [-0.4, -0.2) is 55.0 Å². The molecule has 25 heavy (non-hydrogen) atoms. The van der Waals surface area contributed by atoms with Gasteiger partial charge in [0.25, 0.3) is 10.0 Å². The highest BCUT2D eigenvalue weighted by molar-refractivity contribution is 7.91. The lowest BCUT2D eigenvalue weighted by Gasteiger charge is -2.36. The van der Waals surface area contributed by atoms with Crippen LogP contribution in [0, 0.1) is 0 Å². The molecule has 4 rings (SSSR count). The third kappa shape index (κ3) is 3.13. The van der Waals surface area contributed by atoms with Gasteiger partial charge >= 0.3 is 0 Å². The zero-order valence-electron chi connectivity index (χ0n) is 13.8. The van der Waals surface area contributed by atoms with Crippen molar-refractivity contribution in [3.05, 3.63) is 17.3 Å². The molecule has 8 nitrogen and oxygen atoms in total. The lowest BCUT2D eigenvalue weighted by Crippen LogP contribution is -2.47. The fourth-order valence-corrected chi connectivity index (χ4v) is 5.80. The molecule has 0 radical (unpaired) electrons. The van der Waals surface area contributed by atoms with E-state index < -0.39 is 15.8 Å². The van der Waals surface area contributed by atoms with Gasteiger partial charge in [-0.25, -0.2) is 8.42 Å². The van der Waals surface area contributed by atoms with Gasteiger partial charge in [-0.15, -0.1) is 21.5 Å². The standard InChI is InChI=1S/C15H19N3O5S2/c1-2-12-16-17-14(23-12)11-9-13(24-10-11)25(19,20)18-5-3-15(4-6-18)21-7-8-22-15/h9-10H,2-8H2,1H3. The van der Waals surface area contributed by atoms with Crippen LogP contribution in [0.4, 0.5) is 0 Å². The predicted molar refractivity (Wildman–Crippen MR) is 89.6 cm³/mol. The maximum Gasteiger partial charge on any atom is 0.252 e. The summed E-state index contributed by atoms with van der Waals surface area (Å²) >= 11 is 1.17. The Labute approximate surface area is 149 Å². The Kier molecular flexibility index (Phi) is 4.40. The summed E-state index contributed by atoms with van der Waals surface area (Å²) in [5.74, 6) is 0.288. The topological polar surface area (TPSA) is 94.8 Å². The number of hydrogen-bond acceptors (Lipinski definition) is 8. The smallest absolute Gasteiger partial charge is 0.252 e. The quantitative estimate of drug-likeness (QED) is 0.793. The van der Waals surface area contributed by atoms with Crippen molar-refractivity contribution < 1.29 is 22.3 Å². The van der Waals surface area contributed by atoms with Crippen molar-refractivity contribution in [2.75, 3.05) is 26.3 Å². The largest absolute Gasteiger partial charge is 0.421 e. The number of ether oxygens (including phenoxy) is 2. The molecular formula is C15H19N3O5S2. The molecule has 2 aromatic rings. The van der Waals surface area contributed by atoms with E-state index in [1.807, 2.05) is 6.92 Å². The summed E-state index contributed by atoms with van der Waals surface area (Å²) in [6.45, 7) is 3.84. The fraction of sp³-hybridized carbons (Fsp3) is 0.600. The number of hydrogen-bond donors (Lipinski definition) is 0. The van der Waals surface area contributed by atoms with Gasteiger partial charge in [0.15, 0.2) is 5.79 Å². The molecule has 1 spiro atoms. The summed E-state index contributed by atoms with van der Waals surface area (Å²) in [6.07, 6.45) is 1.74. The molecule has 0 aliphatic carbocycles. The third-order valence-corrected chi connectivity index (χ3v) is 7.80. The fourth-order valence-electron chi connectivity index (χ4n) is 3.06. The Hall–Kier alpha value is -1.33. The number of piperidine rings is 1. The van der Waals surface area contributed by atoms with Gasteiger partial charge in [-0.2, -0.15) is 4.31 Å². The molecule has 2 saturated heterocycles. The Balaban J connectivity index is 1.51. The summed E-state index contributed by atoms with van der Waals surface area (Å²) in [5, 5.41) is 9.61. The molecule has 0 bridgehead atoms. The van der Waals surface area contributed by atoms with Crippen LogP contribution < -0.4 is 0 Å². The summed E-state index contributed by atoms with van der Waals surface area (Å²) in [7, 11) is -3.54. The van der Waals surface area contributed by atoms with Crippen molar-refractivity contribution in [3.63, 3.8) is 0 Å². The normalized spacial score (nSPS) is 21.2. The van der Waals surface area contributed by atoms with Gasteiger partial charge in [-0.3, -0.25) is 0 Å². The number of aryl methyl sites for hydroxylation is 1. The van der Waals surface area contributed by atoms with Crippen LogP contribution >= 0.6 is 11.3 Å². The van der Waals surface area contributed by atoms with Crippen molar-refractivity contribution in [1.29, 1.82) is 0 Å². The minimum atomic E-state index is -3.54. The Morgan fingerprint density at radius 1 is 1.24 bits per heavy atom. The van der Waals surface area contributed by atoms with Crippen LogP contribution in [0.25, 0.3) is 11.5 Å². The maximum absolute atomic E-state index is 12.9. The maximum atomic E-state index is 12.9. The van der Waals surface area contributed by atoms with Crippen LogP contribution in [0.3, 0.4) is 0 Å². The van der Waals surface area contributed by atoms with Crippen LogP contribution in [0.15, 0.2) is 20.1 Å². The van der Waals surface area contributed by atoms with E-state index in [0.29, 0.717) is 62.9 Å². The highest BCUT2D eigenvalue weighted by Gasteiger charge is 2.43. The number of thiophene rings is 1. The van der Waals surface area contributed by atoms with Gasteiger partial charge in [-0.05, 0) is 6.07 Å². The molecule has 2 aliphatic heterocycles. The molecule has 10 heteroatoms. The van der Waals surface area contributed by atoms with Crippen molar-refractivity contribution >= 4 is 21.4 Å². The molecule has 0 atom stereocenters. The van der Waals surface area contributed by atoms with E-state index in [4.69, 9.17) is 13.9 Å². The van der Waals surface area contributed by atoms with E-state index in [0.717, 1.165) is 0 Å². The summed E-state index contributed by atoms with van der Waals surface area (Å²) in [5.41, 5.74) is 0.631. The molecule has 0 unspecified atom stereocenters. The van der Waals surface area contributed by atoms with Gasteiger partial charge in [0, 0.05) is 37.7 Å². The number of nitrogens with zero attached hydrogens (tertiary/aromatic N) is 3. The molecule has 2 fully saturated rings. The molecular weight excluding hydrogens is 366 g/mol. The molecule has 0 aromatic carbocycles. The average Bonchev–Trinajstić information content (AvgIpc) is 3.35. The van der Waals surface area contributed by atoms with E-state index in [9.17, 15) is 8.42 Å². The van der Waals surface area contributed by atoms with Gasteiger partial charge in [0.05, 0.1) is 18.8 Å². The van der Waals surface area contributed by atoms with Crippen molar-refractivity contribution in [2.24, 2.45) is 0 Å². The Bertz CT molecular complexity index is 844. The monoisotopic (exact) mass is 385 g/mol. The van der Waals surface area contributed by atoms with Crippen LogP contribution in [0.2, 0.25) is 0 Å². The van der Waals surface area contributed by atoms with E-state index in [-0.39, 0.29) is 4.21 Å². The average molecular weight is 385 g/mol. The number of sulfonamides is 1. The second kappa shape index (κ2) is 6.44. The summed E-state index contributed by atoms with van der Waals surface area (Å²) in [4.78, 5) is 0. The zero-order chi connectivity index (χ0) is 17.5. The minimum absolute atomic E-state index is 0.281. The lowest BCUT2D eigenvalue weighted by molar-refractivity contribution is -0.179. The zero-order valence-corrected chi connectivity index (χ0v) is 15.4. The molecule has 0 N–H and O–H groups in total. The van der Waals surface area contributed by atoms with Crippen LogP contribution in [-0.2, 0) is 25.9 Å². The lowest BCUT2D eigenvalue weighted by atomic mass is 10.1. The van der Waals surface area contributed by atoms with Crippen LogP contribution in [0.5, 0.6) is 0 Å². The molecule has 0 saturated carbocycles. The molecule has 2 aliphatic rings. The number of aromatic nitrogens is 2. The molecule has 4 heterocycles. The van der Waals surface area contributed by atoms with Gasteiger partial charge in [0.1, 0.15) is 4.21 Å². The van der Waals surface area contributed by atoms with E-state index >= 15 is 0 Å². The number of rotatable bonds is 4. The Morgan fingerprint density at radius 3 is 2.60 bits per heavy atom. The first-order valence-corrected chi connectivity index (χ1v) is 10.5. The minimum Gasteiger partial charge on any atom is -0.421 e. The SMILES string of the molecule is CCc1nnc(-c2csc(S(=O)(=O)N3CCC4(CC3)OCCO4)c2)o1. The van der Waals surface area contributed by atoms with Gasteiger partial charge in [-0.1, -0.05) is 6.92 Å². The first kappa shape index (κ1) is 17.1. The predicted octanol–water partition coefficient (Wildman–Crippen LogP) is 1.89. The van der Waals surface area contributed by atoms with E-state index in [1.54, 1.807) is 11.4 Å². The molecule has 2 aromatic heterocycles. The first-order valence-electron chi connectivity index (χ1n) is 8.22. The highest BCUT2D eigenvalue weighted by atomic mass is 32.2. The molecule has 136 valence electrons. The van der Waals surface area contributed by atoms with Gasteiger partial charge < -0.3 is 13.9 Å². The van der Waals surface area contributed by atoms with Crippen LogP contribution in [0.1, 0.15) is 25.7 Å². The molecule has 0 amide bonds. The van der Waals surface area contributed by atoms with Crippen molar-refractivity contribution in [2.45, 2.75) is 36.2 Å². The Morgan fingerprint density at radius 2 is 1.96 bits per heavy atom. The summed E-state index contributed by atoms with van der Waals surface area (Å²) < 4.78 is 44.3. The van der Waals surface area contributed by atoms with E-state index in [1.165, 1.54) is 15.6 Å². The summed E-state index contributed by atoms with van der Waals surface area (Å²) in [6, 6.07) is 1.60. The van der Waals surface area contributed by atoms with Crippen molar-refractivity contribution in [1.82, 2.24) is 14.5 Å². The highest BCUT2D eigenvalue weighted by Crippen LogP contribution is 2.35. The second-order valence-corrected chi connectivity index (χ2v) is 9.10.